The molecular formula is C13H22N4O. The summed E-state index contributed by atoms with van der Waals surface area (Å²) in [6.07, 6.45) is 4.53. The highest BCUT2D eigenvalue weighted by molar-refractivity contribution is 5.33. The molecule has 1 aromatic heterocycles. The molecule has 0 saturated carbocycles. The van der Waals surface area contributed by atoms with Gasteiger partial charge in [0.05, 0.1) is 5.69 Å². The van der Waals surface area contributed by atoms with Crippen LogP contribution in [0.3, 0.4) is 0 Å². The van der Waals surface area contributed by atoms with Crippen molar-refractivity contribution in [2.45, 2.75) is 38.3 Å². The molecule has 2 rings (SSSR count). The van der Waals surface area contributed by atoms with Gasteiger partial charge < -0.3 is 10.5 Å². The standard InChI is InChI=1S/C13H22N4O/c14-16-13-6-3-4-11(15-13)10-17-8-2-1-5-12(17)7-9-18/h3-4,6,12,18H,1-2,5,7-10,14H2,(H,15,16). The number of pyridine rings is 1. The molecule has 4 N–H and O–H groups in total. The number of hydrogen-bond donors (Lipinski definition) is 3. The molecule has 5 heteroatoms. The van der Waals surface area contributed by atoms with E-state index in [0.717, 1.165) is 25.2 Å². The van der Waals surface area contributed by atoms with Crippen molar-refractivity contribution in [1.29, 1.82) is 0 Å². The Bertz CT molecular complexity index is 370. The number of hydrazine groups is 1. The number of hydrogen-bond acceptors (Lipinski definition) is 5. The van der Waals surface area contributed by atoms with Gasteiger partial charge in [-0.25, -0.2) is 10.8 Å². The van der Waals surface area contributed by atoms with Crippen LogP contribution in [0.15, 0.2) is 18.2 Å². The summed E-state index contributed by atoms with van der Waals surface area (Å²) in [5.41, 5.74) is 3.59. The smallest absolute Gasteiger partial charge is 0.140 e. The van der Waals surface area contributed by atoms with Crippen LogP contribution in [0.2, 0.25) is 0 Å². The first kappa shape index (κ1) is 13.3. The minimum atomic E-state index is 0.263. The number of anilines is 1. The summed E-state index contributed by atoms with van der Waals surface area (Å²) in [5, 5.41) is 9.12. The van der Waals surface area contributed by atoms with E-state index in [1.165, 1.54) is 19.3 Å². The molecule has 5 nitrogen and oxygen atoms in total. The lowest BCUT2D eigenvalue weighted by Crippen LogP contribution is -2.39. The number of nitrogen functional groups attached to an aromatic ring is 1. The maximum Gasteiger partial charge on any atom is 0.140 e. The van der Waals surface area contributed by atoms with Crippen LogP contribution in [0.5, 0.6) is 0 Å². The quantitative estimate of drug-likeness (QED) is 0.539. The summed E-state index contributed by atoms with van der Waals surface area (Å²) in [6.45, 7) is 2.19. The Balaban J connectivity index is 2.01. The first-order valence-electron chi connectivity index (χ1n) is 6.61. The highest BCUT2D eigenvalue weighted by Gasteiger charge is 2.22. The van der Waals surface area contributed by atoms with Crippen LogP contribution in [0.4, 0.5) is 5.82 Å². The van der Waals surface area contributed by atoms with Crippen LogP contribution >= 0.6 is 0 Å². The van der Waals surface area contributed by atoms with Crippen LogP contribution in [0, 0.1) is 0 Å². The number of nitrogens with two attached hydrogens (primary N) is 1. The second kappa shape index (κ2) is 6.68. The van der Waals surface area contributed by atoms with E-state index in [0.29, 0.717) is 11.9 Å². The SMILES string of the molecule is NNc1cccc(CN2CCCCC2CCO)n1. The number of likely N-dealkylation sites (tertiary alicyclic amines) is 1. The van der Waals surface area contributed by atoms with Gasteiger partial charge in [0.1, 0.15) is 5.82 Å². The van der Waals surface area contributed by atoms with Gasteiger partial charge in [-0.3, -0.25) is 4.90 Å². The molecule has 18 heavy (non-hydrogen) atoms. The van der Waals surface area contributed by atoms with Gasteiger partial charge in [0.15, 0.2) is 0 Å². The largest absolute Gasteiger partial charge is 0.396 e. The summed E-state index contributed by atoms with van der Waals surface area (Å²) in [7, 11) is 0. The van der Waals surface area contributed by atoms with Gasteiger partial charge in [0.2, 0.25) is 0 Å². The van der Waals surface area contributed by atoms with E-state index in [9.17, 15) is 0 Å². The fraction of sp³-hybridized carbons (Fsp3) is 0.615. The van der Waals surface area contributed by atoms with Crippen molar-refractivity contribution in [3.63, 3.8) is 0 Å². The van der Waals surface area contributed by atoms with Crippen molar-refractivity contribution in [3.8, 4) is 0 Å². The molecule has 1 saturated heterocycles. The summed E-state index contributed by atoms with van der Waals surface area (Å²) in [6, 6.07) is 6.32. The zero-order valence-electron chi connectivity index (χ0n) is 10.7. The second-order valence-corrected chi connectivity index (χ2v) is 4.79. The van der Waals surface area contributed by atoms with Crippen LogP contribution < -0.4 is 11.3 Å². The zero-order valence-corrected chi connectivity index (χ0v) is 10.7. The van der Waals surface area contributed by atoms with Crippen molar-refractivity contribution < 1.29 is 5.11 Å². The van der Waals surface area contributed by atoms with E-state index in [1.807, 2.05) is 18.2 Å². The van der Waals surface area contributed by atoms with Gasteiger partial charge in [-0.1, -0.05) is 12.5 Å². The Morgan fingerprint density at radius 2 is 2.33 bits per heavy atom. The molecule has 0 amide bonds. The molecule has 2 heterocycles. The van der Waals surface area contributed by atoms with Crippen molar-refractivity contribution in [1.82, 2.24) is 9.88 Å². The lowest BCUT2D eigenvalue weighted by molar-refractivity contribution is 0.111. The number of aliphatic hydroxyl groups excluding tert-OH is 1. The van der Waals surface area contributed by atoms with Gasteiger partial charge >= 0.3 is 0 Å². The lowest BCUT2D eigenvalue weighted by atomic mass is 9.99. The molecular weight excluding hydrogens is 228 g/mol. The van der Waals surface area contributed by atoms with E-state index < -0.39 is 0 Å². The number of aromatic nitrogens is 1. The molecule has 0 aliphatic carbocycles. The molecule has 0 aromatic carbocycles. The number of nitrogens with one attached hydrogen (secondary N) is 1. The number of nitrogens with zero attached hydrogens (tertiary/aromatic N) is 2. The third-order valence-corrected chi connectivity index (χ3v) is 3.53. The third-order valence-electron chi connectivity index (χ3n) is 3.53. The van der Waals surface area contributed by atoms with Gasteiger partial charge in [0, 0.05) is 19.2 Å². The highest BCUT2D eigenvalue weighted by atomic mass is 16.3. The minimum absolute atomic E-state index is 0.263. The van der Waals surface area contributed by atoms with Crippen molar-refractivity contribution in [2.75, 3.05) is 18.6 Å². The molecule has 1 unspecified atom stereocenters. The van der Waals surface area contributed by atoms with Crippen LogP contribution in [0.25, 0.3) is 0 Å². The molecule has 1 aliphatic heterocycles. The molecule has 0 bridgehead atoms. The number of rotatable bonds is 5. The van der Waals surface area contributed by atoms with E-state index in [2.05, 4.69) is 15.3 Å². The maximum absolute atomic E-state index is 9.12. The predicted molar refractivity (Wildman–Crippen MR) is 71.8 cm³/mol. The second-order valence-electron chi connectivity index (χ2n) is 4.79. The van der Waals surface area contributed by atoms with Crippen LogP contribution in [-0.2, 0) is 6.54 Å². The van der Waals surface area contributed by atoms with E-state index >= 15 is 0 Å². The summed E-state index contributed by atoms with van der Waals surface area (Å²) >= 11 is 0. The molecule has 1 atom stereocenters. The fourth-order valence-corrected chi connectivity index (χ4v) is 2.60. The first-order valence-corrected chi connectivity index (χ1v) is 6.61. The van der Waals surface area contributed by atoms with Gasteiger partial charge in [-0.2, -0.15) is 0 Å². The molecule has 1 fully saturated rings. The molecule has 100 valence electrons. The molecule has 0 radical (unpaired) electrons. The normalized spacial score (nSPS) is 20.9. The summed E-state index contributed by atoms with van der Waals surface area (Å²) in [4.78, 5) is 6.86. The Morgan fingerprint density at radius 1 is 1.44 bits per heavy atom. The highest BCUT2D eigenvalue weighted by Crippen LogP contribution is 2.21. The van der Waals surface area contributed by atoms with E-state index in [1.54, 1.807) is 0 Å². The number of piperidine rings is 1. The Hall–Kier alpha value is -1.17. The fourth-order valence-electron chi connectivity index (χ4n) is 2.60. The number of aliphatic hydroxyl groups is 1. The Kier molecular flexibility index (Phi) is 4.92. The van der Waals surface area contributed by atoms with Gasteiger partial charge in [0.25, 0.3) is 0 Å². The Morgan fingerprint density at radius 3 is 3.11 bits per heavy atom. The van der Waals surface area contributed by atoms with Crippen molar-refractivity contribution in [2.24, 2.45) is 5.84 Å². The van der Waals surface area contributed by atoms with E-state index in [-0.39, 0.29) is 6.61 Å². The zero-order chi connectivity index (χ0) is 12.8. The summed E-state index contributed by atoms with van der Waals surface area (Å²) < 4.78 is 0. The first-order chi connectivity index (χ1) is 8.83. The summed E-state index contributed by atoms with van der Waals surface area (Å²) in [5.74, 6) is 6.07. The minimum Gasteiger partial charge on any atom is -0.396 e. The van der Waals surface area contributed by atoms with Crippen molar-refractivity contribution >= 4 is 5.82 Å². The average Bonchev–Trinajstić information content (AvgIpc) is 2.41. The Labute approximate surface area is 108 Å². The van der Waals surface area contributed by atoms with Crippen molar-refractivity contribution in [3.05, 3.63) is 23.9 Å². The predicted octanol–water partition coefficient (Wildman–Crippen LogP) is 1.10. The average molecular weight is 250 g/mol. The lowest BCUT2D eigenvalue weighted by Gasteiger charge is -2.35. The van der Waals surface area contributed by atoms with Crippen LogP contribution in [-0.4, -0.2) is 34.2 Å². The van der Waals surface area contributed by atoms with Gasteiger partial charge in [-0.05, 0) is 37.9 Å². The molecule has 1 aliphatic rings. The van der Waals surface area contributed by atoms with Gasteiger partial charge in [-0.15, -0.1) is 0 Å². The van der Waals surface area contributed by atoms with Crippen LogP contribution in [0.1, 0.15) is 31.4 Å². The molecule has 1 aromatic rings. The monoisotopic (exact) mass is 250 g/mol. The van der Waals surface area contributed by atoms with E-state index in [4.69, 9.17) is 10.9 Å². The third kappa shape index (κ3) is 3.41. The molecule has 0 spiro atoms. The topological polar surface area (TPSA) is 74.4 Å². The maximum atomic E-state index is 9.12.